The van der Waals surface area contributed by atoms with Crippen LogP contribution in [0.25, 0.3) is 44.3 Å². The molecule has 0 spiro atoms. The smallest absolute Gasteiger partial charge is 0.190 e. The maximum atomic E-state index is 12.9. The fraction of sp³-hybridized carbons (Fsp3) is 0.143. The summed E-state index contributed by atoms with van der Waals surface area (Å²) in [7, 11) is 0. The zero-order valence-corrected chi connectivity index (χ0v) is 18.2. The summed E-state index contributed by atoms with van der Waals surface area (Å²) in [6.07, 6.45) is 1.93. The molecular formula is C28H24N2O2. The fourth-order valence-electron chi connectivity index (χ4n) is 4.15. The van der Waals surface area contributed by atoms with Gasteiger partial charge in [-0.1, -0.05) is 62.4 Å². The molecule has 2 heterocycles. The number of hydrogen-bond acceptors (Lipinski definition) is 2. The van der Waals surface area contributed by atoms with Crippen molar-refractivity contribution >= 4 is 21.8 Å². The third kappa shape index (κ3) is 3.54. The number of hydrogen-bond donors (Lipinski definition) is 2. The molecule has 0 amide bonds. The number of pyridine rings is 2. The Labute approximate surface area is 185 Å². The highest BCUT2D eigenvalue weighted by molar-refractivity contribution is 5.96. The molecule has 2 aromatic heterocycles. The minimum atomic E-state index is -0.0752. The molecule has 5 rings (SSSR count). The number of nitrogens with one attached hydrogen (secondary N) is 2. The lowest BCUT2D eigenvalue weighted by molar-refractivity contribution is 1.14. The van der Waals surface area contributed by atoms with Crippen LogP contribution >= 0.6 is 0 Å². The summed E-state index contributed by atoms with van der Waals surface area (Å²) < 4.78 is 0. The van der Waals surface area contributed by atoms with Crippen molar-refractivity contribution in [2.24, 2.45) is 0 Å². The van der Waals surface area contributed by atoms with Gasteiger partial charge in [-0.2, -0.15) is 0 Å². The van der Waals surface area contributed by atoms with E-state index < -0.39 is 0 Å². The molecule has 0 aliphatic rings. The topological polar surface area (TPSA) is 65.7 Å². The molecule has 0 atom stereocenters. The fourth-order valence-corrected chi connectivity index (χ4v) is 4.15. The molecule has 0 bridgehead atoms. The molecule has 0 radical (unpaired) electrons. The maximum Gasteiger partial charge on any atom is 0.190 e. The van der Waals surface area contributed by atoms with E-state index in [2.05, 4.69) is 48.1 Å². The summed E-state index contributed by atoms with van der Waals surface area (Å²) >= 11 is 0. The largest absolute Gasteiger partial charge is 0.354 e. The Kier molecular flexibility index (Phi) is 4.98. The number of aryl methyl sites for hydroxylation is 2. The van der Waals surface area contributed by atoms with Crippen LogP contribution in [0.5, 0.6) is 0 Å². The van der Waals surface area contributed by atoms with Gasteiger partial charge >= 0.3 is 0 Å². The van der Waals surface area contributed by atoms with E-state index in [1.54, 1.807) is 24.3 Å². The van der Waals surface area contributed by atoms with Crippen LogP contribution in [0.2, 0.25) is 0 Å². The van der Waals surface area contributed by atoms with Crippen LogP contribution in [-0.2, 0) is 12.8 Å². The van der Waals surface area contributed by atoms with Crippen molar-refractivity contribution in [3.63, 3.8) is 0 Å². The predicted octanol–water partition coefficient (Wildman–Crippen LogP) is 5.83. The lowest BCUT2D eigenvalue weighted by atomic mass is 10.0. The van der Waals surface area contributed by atoms with Gasteiger partial charge in [-0.25, -0.2) is 0 Å². The van der Waals surface area contributed by atoms with Crippen molar-refractivity contribution in [3.8, 4) is 22.5 Å². The van der Waals surface area contributed by atoms with Crippen LogP contribution in [0, 0.1) is 0 Å². The average Bonchev–Trinajstić information content (AvgIpc) is 2.83. The number of benzene rings is 3. The highest BCUT2D eigenvalue weighted by Crippen LogP contribution is 2.24. The molecule has 32 heavy (non-hydrogen) atoms. The van der Waals surface area contributed by atoms with Crippen LogP contribution in [-0.4, -0.2) is 9.97 Å². The zero-order valence-electron chi connectivity index (χ0n) is 18.2. The van der Waals surface area contributed by atoms with Crippen LogP contribution in [0.15, 0.2) is 82.4 Å². The number of fused-ring (bicyclic) bond motifs is 2. The molecule has 0 fully saturated rings. The molecule has 4 nitrogen and oxygen atoms in total. The molecule has 2 N–H and O–H groups in total. The molecule has 158 valence electrons. The lowest BCUT2D eigenvalue weighted by Gasteiger charge is -2.09. The molecule has 0 saturated carbocycles. The second kappa shape index (κ2) is 7.97. The van der Waals surface area contributed by atoms with E-state index in [0.29, 0.717) is 21.8 Å². The molecule has 0 aliphatic heterocycles. The van der Waals surface area contributed by atoms with Crippen molar-refractivity contribution in [2.75, 3.05) is 0 Å². The first-order chi connectivity index (χ1) is 15.6. The SMILES string of the molecule is CCc1ccc(-c2cc(=O)c3cc4[nH]c(-c5ccc(CC)cc5)cc(=O)c4cc3[nH]2)cc1. The first kappa shape index (κ1) is 20.0. The van der Waals surface area contributed by atoms with Crippen molar-refractivity contribution < 1.29 is 0 Å². The van der Waals surface area contributed by atoms with Gasteiger partial charge in [0.05, 0.1) is 11.0 Å². The van der Waals surface area contributed by atoms with Crippen molar-refractivity contribution in [1.29, 1.82) is 0 Å². The third-order valence-corrected chi connectivity index (χ3v) is 6.12. The maximum absolute atomic E-state index is 12.9. The molecule has 0 aliphatic carbocycles. The minimum absolute atomic E-state index is 0.0752. The number of rotatable bonds is 4. The summed E-state index contributed by atoms with van der Waals surface area (Å²) in [5.41, 5.74) is 7.03. The Morgan fingerprint density at radius 2 is 0.938 bits per heavy atom. The Balaban J connectivity index is 1.65. The lowest BCUT2D eigenvalue weighted by Crippen LogP contribution is -2.07. The molecular weight excluding hydrogens is 396 g/mol. The van der Waals surface area contributed by atoms with Crippen LogP contribution < -0.4 is 10.9 Å². The Hall–Kier alpha value is -3.92. The zero-order chi connectivity index (χ0) is 22.2. The highest BCUT2D eigenvalue weighted by Gasteiger charge is 2.10. The van der Waals surface area contributed by atoms with Gasteiger partial charge in [0.15, 0.2) is 10.9 Å². The summed E-state index contributed by atoms with van der Waals surface area (Å²) in [5.74, 6) is 0. The van der Waals surface area contributed by atoms with Gasteiger partial charge in [-0.3, -0.25) is 9.59 Å². The van der Waals surface area contributed by atoms with Crippen LogP contribution in [0.3, 0.4) is 0 Å². The molecule has 3 aromatic carbocycles. The van der Waals surface area contributed by atoms with E-state index in [9.17, 15) is 9.59 Å². The van der Waals surface area contributed by atoms with Gasteiger partial charge in [0.2, 0.25) is 0 Å². The Bertz CT molecular complexity index is 1440. The predicted molar refractivity (Wildman–Crippen MR) is 132 cm³/mol. The van der Waals surface area contributed by atoms with Gasteiger partial charge < -0.3 is 9.97 Å². The Morgan fingerprint density at radius 1 is 0.562 bits per heavy atom. The Morgan fingerprint density at radius 3 is 1.28 bits per heavy atom. The van der Waals surface area contributed by atoms with Gasteiger partial charge in [0, 0.05) is 34.3 Å². The molecule has 5 aromatic rings. The summed E-state index contributed by atoms with van der Waals surface area (Å²) in [5, 5.41) is 1.11. The monoisotopic (exact) mass is 420 g/mol. The van der Waals surface area contributed by atoms with E-state index in [1.807, 2.05) is 24.3 Å². The van der Waals surface area contributed by atoms with Crippen LogP contribution in [0.4, 0.5) is 0 Å². The summed E-state index contributed by atoms with van der Waals surface area (Å²) in [4.78, 5) is 32.6. The number of aromatic amines is 2. The van der Waals surface area contributed by atoms with Gasteiger partial charge in [0.25, 0.3) is 0 Å². The average molecular weight is 421 g/mol. The summed E-state index contributed by atoms with van der Waals surface area (Å²) in [6.45, 7) is 4.22. The van der Waals surface area contributed by atoms with Gasteiger partial charge in [0.1, 0.15) is 0 Å². The van der Waals surface area contributed by atoms with Crippen molar-refractivity contribution in [2.45, 2.75) is 26.7 Å². The summed E-state index contributed by atoms with van der Waals surface area (Å²) in [6, 6.07) is 23.1. The van der Waals surface area contributed by atoms with E-state index in [1.165, 1.54) is 11.1 Å². The first-order valence-electron chi connectivity index (χ1n) is 11.0. The standard InChI is InChI=1S/C28H24N2O2/c1-3-17-5-9-19(10-6-17)23-15-27(31)21-14-26-22(13-25(21)29-23)28(32)16-24(30-26)20-11-7-18(4-2)8-12-20/h5-16H,3-4H2,1-2H3,(H,29,31)(H,30,32). The molecule has 4 heteroatoms. The first-order valence-corrected chi connectivity index (χ1v) is 11.0. The van der Waals surface area contributed by atoms with Crippen molar-refractivity contribution in [1.82, 2.24) is 9.97 Å². The highest BCUT2D eigenvalue weighted by atomic mass is 16.1. The number of H-pyrrole nitrogens is 2. The third-order valence-electron chi connectivity index (χ3n) is 6.12. The second-order valence-electron chi connectivity index (χ2n) is 8.14. The van der Waals surface area contributed by atoms with Crippen molar-refractivity contribution in [3.05, 3.63) is 104 Å². The normalized spacial score (nSPS) is 11.3. The second-order valence-corrected chi connectivity index (χ2v) is 8.14. The quantitative estimate of drug-likeness (QED) is 0.359. The van der Waals surface area contributed by atoms with E-state index in [0.717, 1.165) is 35.4 Å². The molecule has 0 unspecified atom stereocenters. The van der Waals surface area contributed by atoms with Gasteiger partial charge in [-0.05, 0) is 47.2 Å². The number of aromatic nitrogens is 2. The minimum Gasteiger partial charge on any atom is -0.354 e. The van der Waals surface area contributed by atoms with Gasteiger partial charge in [-0.15, -0.1) is 0 Å². The van der Waals surface area contributed by atoms with E-state index in [-0.39, 0.29) is 10.9 Å². The van der Waals surface area contributed by atoms with Crippen LogP contribution in [0.1, 0.15) is 25.0 Å². The van der Waals surface area contributed by atoms with E-state index >= 15 is 0 Å². The van der Waals surface area contributed by atoms with E-state index in [4.69, 9.17) is 0 Å². The molecule has 0 saturated heterocycles.